The summed E-state index contributed by atoms with van der Waals surface area (Å²) in [5.74, 6) is -0.515. The summed E-state index contributed by atoms with van der Waals surface area (Å²) in [6, 6.07) is 8.07. The van der Waals surface area contributed by atoms with Crippen molar-refractivity contribution in [1.82, 2.24) is 20.5 Å². The molecule has 1 aromatic heterocycles. The number of nitrogens with zero attached hydrogens (tertiary/aromatic N) is 3. The Bertz CT molecular complexity index is 1060. The number of hydrogen-bond donors (Lipinski definition) is 2. The highest BCUT2D eigenvalue weighted by atomic mass is 16.6. The number of benzene rings is 1. The van der Waals surface area contributed by atoms with Crippen LogP contribution in [-0.2, 0) is 27.5 Å². The fraction of sp³-hybridized carbons (Fsp3) is 0.417. The van der Waals surface area contributed by atoms with E-state index in [0.717, 1.165) is 5.56 Å². The molecule has 0 saturated carbocycles. The average Bonchev–Trinajstić information content (AvgIpc) is 3.16. The zero-order chi connectivity index (χ0) is 25.4. The number of amides is 2. The summed E-state index contributed by atoms with van der Waals surface area (Å²) < 4.78 is 5.21. The van der Waals surface area contributed by atoms with Crippen LogP contribution in [0, 0.1) is 16.0 Å². The molecule has 0 spiro atoms. The number of likely N-dealkylation sites (tertiary alicyclic amines) is 1. The van der Waals surface area contributed by atoms with E-state index in [4.69, 9.17) is 4.74 Å². The first kappa shape index (κ1) is 25.8. The molecular weight excluding hydrogens is 454 g/mol. The molecule has 0 bridgehead atoms. The minimum atomic E-state index is -0.862. The number of carbonyl (C=O) groups is 3. The third-order valence-corrected chi connectivity index (χ3v) is 5.49. The molecule has 1 saturated heterocycles. The zero-order valence-corrected chi connectivity index (χ0v) is 19.7. The van der Waals surface area contributed by atoms with Crippen molar-refractivity contribution in [2.75, 3.05) is 13.1 Å². The van der Waals surface area contributed by atoms with Crippen LogP contribution in [0.3, 0.4) is 0 Å². The molecule has 2 amide bonds. The third kappa shape index (κ3) is 7.85. The van der Waals surface area contributed by atoms with Crippen LogP contribution in [0.5, 0.6) is 0 Å². The molecule has 0 aliphatic carbocycles. The van der Waals surface area contributed by atoms with Crippen LogP contribution in [0.1, 0.15) is 31.4 Å². The molecule has 0 radical (unpaired) electrons. The van der Waals surface area contributed by atoms with Gasteiger partial charge in [-0.05, 0) is 35.6 Å². The van der Waals surface area contributed by atoms with E-state index in [0.29, 0.717) is 18.5 Å². The molecule has 1 fully saturated rings. The van der Waals surface area contributed by atoms with Crippen molar-refractivity contribution < 1.29 is 24.0 Å². The van der Waals surface area contributed by atoms with Crippen molar-refractivity contribution in [3.63, 3.8) is 0 Å². The predicted molar refractivity (Wildman–Crippen MR) is 126 cm³/mol. The lowest BCUT2D eigenvalue weighted by atomic mass is 10.0. The molecule has 35 heavy (non-hydrogen) atoms. The van der Waals surface area contributed by atoms with Gasteiger partial charge in [0.15, 0.2) is 5.78 Å². The summed E-state index contributed by atoms with van der Waals surface area (Å²) in [4.78, 5) is 54.0. The van der Waals surface area contributed by atoms with Gasteiger partial charge >= 0.3 is 6.09 Å². The second-order valence-electron chi connectivity index (χ2n) is 8.88. The second kappa shape index (κ2) is 12.0. The lowest BCUT2D eigenvalue weighted by Crippen LogP contribution is -2.52. The second-order valence-corrected chi connectivity index (χ2v) is 8.88. The number of nitro groups is 1. The van der Waals surface area contributed by atoms with Crippen LogP contribution in [0.2, 0.25) is 0 Å². The van der Waals surface area contributed by atoms with Crippen molar-refractivity contribution in [2.24, 2.45) is 5.92 Å². The molecule has 1 unspecified atom stereocenters. The van der Waals surface area contributed by atoms with E-state index in [1.165, 1.54) is 12.1 Å². The summed E-state index contributed by atoms with van der Waals surface area (Å²) in [5, 5.41) is 16.3. The minimum Gasteiger partial charge on any atom is -0.445 e. The molecule has 1 aromatic carbocycles. The van der Waals surface area contributed by atoms with Gasteiger partial charge in [-0.1, -0.05) is 26.0 Å². The first-order valence-electron chi connectivity index (χ1n) is 11.3. The number of aromatic nitrogens is 1. The molecule has 1 aliphatic rings. The van der Waals surface area contributed by atoms with Crippen LogP contribution < -0.4 is 10.6 Å². The van der Waals surface area contributed by atoms with E-state index in [1.807, 2.05) is 18.7 Å². The van der Waals surface area contributed by atoms with Gasteiger partial charge < -0.3 is 15.4 Å². The number of non-ortho nitro benzene ring substituents is 1. The molecule has 1 aliphatic heterocycles. The van der Waals surface area contributed by atoms with Gasteiger partial charge in [-0.2, -0.15) is 0 Å². The Morgan fingerprint density at radius 1 is 1.23 bits per heavy atom. The normalized spacial score (nSPS) is 16.7. The molecule has 3 rings (SSSR count). The summed E-state index contributed by atoms with van der Waals surface area (Å²) in [7, 11) is 0. The minimum absolute atomic E-state index is 0.0173. The van der Waals surface area contributed by atoms with Gasteiger partial charge in [0.25, 0.3) is 5.69 Å². The monoisotopic (exact) mass is 483 g/mol. The topological polar surface area (TPSA) is 144 Å². The number of pyridine rings is 1. The number of rotatable bonds is 10. The highest BCUT2D eigenvalue weighted by Crippen LogP contribution is 2.17. The third-order valence-electron chi connectivity index (χ3n) is 5.49. The Labute approximate surface area is 203 Å². The van der Waals surface area contributed by atoms with Crippen molar-refractivity contribution in [2.45, 2.75) is 45.5 Å². The number of nitrogens with one attached hydrogen (secondary N) is 2. The SMILES string of the molecule is CC(C)C[C@H](NC(=O)OCc1ccncc1)C(=O)NC1CN(Cc2cccc([N+](=O)[O-])c2)CC1=O. The molecule has 11 nitrogen and oxygen atoms in total. The molecule has 11 heteroatoms. The maximum absolute atomic E-state index is 12.9. The average molecular weight is 484 g/mol. The van der Waals surface area contributed by atoms with Crippen LogP contribution in [0.15, 0.2) is 48.8 Å². The summed E-state index contributed by atoms with van der Waals surface area (Å²) in [6.45, 7) is 4.61. The number of nitro benzene ring substituents is 1. The molecule has 186 valence electrons. The standard InChI is InChI=1S/C24H29N5O6/c1-16(2)10-20(27-24(32)35-15-17-6-8-25-9-7-17)23(31)26-21-13-28(14-22(21)30)12-18-4-3-5-19(11-18)29(33)34/h3-9,11,16,20-21H,10,12-15H2,1-2H3,(H,26,31)(H,27,32)/t20-,21?/m0/s1. The van der Waals surface area contributed by atoms with Crippen LogP contribution in [0.25, 0.3) is 0 Å². The van der Waals surface area contributed by atoms with Gasteiger partial charge in [0, 0.05) is 37.6 Å². The van der Waals surface area contributed by atoms with E-state index in [2.05, 4.69) is 15.6 Å². The number of alkyl carbamates (subject to hydrolysis) is 1. The van der Waals surface area contributed by atoms with Gasteiger partial charge in [0.2, 0.25) is 5.91 Å². The zero-order valence-electron chi connectivity index (χ0n) is 19.7. The number of hydrogen-bond acceptors (Lipinski definition) is 8. The van der Waals surface area contributed by atoms with Crippen molar-refractivity contribution in [3.05, 3.63) is 70.0 Å². The fourth-order valence-corrected chi connectivity index (χ4v) is 3.82. The van der Waals surface area contributed by atoms with E-state index in [-0.39, 0.29) is 37.1 Å². The van der Waals surface area contributed by atoms with Crippen LogP contribution in [-0.4, -0.2) is 57.8 Å². The van der Waals surface area contributed by atoms with Crippen molar-refractivity contribution in [3.8, 4) is 0 Å². The molecule has 2 atom stereocenters. The lowest BCUT2D eigenvalue weighted by Gasteiger charge is -2.22. The number of ether oxygens (including phenoxy) is 1. The highest BCUT2D eigenvalue weighted by Gasteiger charge is 2.34. The van der Waals surface area contributed by atoms with Gasteiger partial charge in [-0.3, -0.25) is 29.6 Å². The van der Waals surface area contributed by atoms with Crippen LogP contribution >= 0.6 is 0 Å². The van der Waals surface area contributed by atoms with Gasteiger partial charge in [0.1, 0.15) is 18.7 Å². The molecular formula is C24H29N5O6. The van der Waals surface area contributed by atoms with E-state index in [9.17, 15) is 24.5 Å². The fourth-order valence-electron chi connectivity index (χ4n) is 3.82. The predicted octanol–water partition coefficient (Wildman–Crippen LogP) is 2.20. The molecule has 2 heterocycles. The van der Waals surface area contributed by atoms with Gasteiger partial charge in [0.05, 0.1) is 11.5 Å². The molecule has 2 aromatic rings. The molecule has 2 N–H and O–H groups in total. The van der Waals surface area contributed by atoms with Crippen LogP contribution in [0.4, 0.5) is 10.5 Å². The Hall–Kier alpha value is -3.86. The first-order valence-corrected chi connectivity index (χ1v) is 11.3. The smallest absolute Gasteiger partial charge is 0.408 e. The largest absolute Gasteiger partial charge is 0.445 e. The first-order chi connectivity index (χ1) is 16.7. The summed E-state index contributed by atoms with van der Waals surface area (Å²) >= 11 is 0. The Morgan fingerprint density at radius 3 is 2.66 bits per heavy atom. The lowest BCUT2D eigenvalue weighted by molar-refractivity contribution is -0.384. The highest BCUT2D eigenvalue weighted by molar-refractivity contribution is 5.94. The van der Waals surface area contributed by atoms with E-state index in [1.54, 1.807) is 36.7 Å². The van der Waals surface area contributed by atoms with Crippen molar-refractivity contribution in [1.29, 1.82) is 0 Å². The number of carbonyl (C=O) groups excluding carboxylic acids is 3. The van der Waals surface area contributed by atoms with Gasteiger partial charge in [-0.15, -0.1) is 0 Å². The quantitative estimate of drug-likeness (QED) is 0.387. The Kier molecular flexibility index (Phi) is 8.85. The van der Waals surface area contributed by atoms with E-state index < -0.39 is 29.0 Å². The van der Waals surface area contributed by atoms with E-state index >= 15 is 0 Å². The maximum Gasteiger partial charge on any atom is 0.408 e. The Balaban J connectivity index is 1.55. The van der Waals surface area contributed by atoms with Crippen molar-refractivity contribution >= 4 is 23.5 Å². The summed E-state index contributed by atoms with van der Waals surface area (Å²) in [6.07, 6.45) is 2.82. The van der Waals surface area contributed by atoms with Gasteiger partial charge in [-0.25, -0.2) is 4.79 Å². The Morgan fingerprint density at radius 2 is 1.97 bits per heavy atom. The maximum atomic E-state index is 12.9. The number of ketones is 1. The number of Topliss-reactive ketones (excluding diaryl/α,β-unsaturated/α-hetero) is 1. The summed E-state index contributed by atoms with van der Waals surface area (Å²) in [5.41, 5.74) is 1.45.